The Kier molecular flexibility index (Phi) is 7.56. The second-order valence-corrected chi connectivity index (χ2v) is 7.45. The number of carbonyl (C=O) groups is 1. The summed E-state index contributed by atoms with van der Waals surface area (Å²) in [6.07, 6.45) is 4.35. The van der Waals surface area contributed by atoms with Gasteiger partial charge in [0.05, 0.1) is 12.6 Å². The first-order chi connectivity index (χ1) is 10.7. The number of amides is 1. The number of benzene rings is 1. The van der Waals surface area contributed by atoms with Crippen LogP contribution in [0, 0.1) is 5.92 Å². The summed E-state index contributed by atoms with van der Waals surface area (Å²) in [5.74, 6) is 2.74. The molecule has 1 aromatic rings. The highest BCUT2D eigenvalue weighted by Gasteiger charge is 2.24. The van der Waals surface area contributed by atoms with E-state index in [-0.39, 0.29) is 18.6 Å². The van der Waals surface area contributed by atoms with E-state index in [0.717, 1.165) is 42.2 Å². The molecule has 0 aliphatic carbocycles. The largest absolute Gasteiger partial charge is 0.394 e. The van der Waals surface area contributed by atoms with Crippen molar-refractivity contribution in [3.8, 4) is 0 Å². The molecule has 5 heteroatoms. The molecule has 2 N–H and O–H groups in total. The van der Waals surface area contributed by atoms with Crippen molar-refractivity contribution in [1.29, 1.82) is 0 Å². The van der Waals surface area contributed by atoms with Crippen LogP contribution in [0.3, 0.4) is 0 Å². The number of aliphatic hydroxyl groups excluding tert-OH is 1. The number of rotatable bonds is 7. The van der Waals surface area contributed by atoms with Crippen molar-refractivity contribution in [3.63, 3.8) is 0 Å². The Morgan fingerprint density at radius 1 is 1.32 bits per heavy atom. The number of thioether (sulfide) groups is 1. The molecular formula is C17H24ClNO2S. The Labute approximate surface area is 141 Å². The van der Waals surface area contributed by atoms with Gasteiger partial charge in [0, 0.05) is 11.4 Å². The normalized spacial score (nSPS) is 17.2. The molecule has 122 valence electrons. The molecule has 0 aromatic heterocycles. The Morgan fingerprint density at radius 2 is 2.00 bits per heavy atom. The minimum Gasteiger partial charge on any atom is -0.394 e. The number of aryl methyl sites for hydroxylation is 1. The average Bonchev–Trinajstić information content (AvgIpc) is 2.55. The molecule has 2 rings (SSSR count). The maximum atomic E-state index is 12.1. The van der Waals surface area contributed by atoms with Gasteiger partial charge in [-0.05, 0) is 60.8 Å². The first kappa shape index (κ1) is 17.6. The minimum absolute atomic E-state index is 0.0399. The molecule has 0 saturated carbocycles. The van der Waals surface area contributed by atoms with Crippen molar-refractivity contribution in [2.24, 2.45) is 5.92 Å². The van der Waals surface area contributed by atoms with Crippen molar-refractivity contribution in [3.05, 3.63) is 34.9 Å². The third-order valence-corrected chi connectivity index (χ3v) is 5.46. The Balaban J connectivity index is 1.70. The van der Waals surface area contributed by atoms with Gasteiger partial charge in [0.2, 0.25) is 5.91 Å². The van der Waals surface area contributed by atoms with Gasteiger partial charge < -0.3 is 10.4 Å². The van der Waals surface area contributed by atoms with Gasteiger partial charge in [-0.25, -0.2) is 0 Å². The molecular weight excluding hydrogens is 318 g/mol. The van der Waals surface area contributed by atoms with Crippen LogP contribution >= 0.6 is 23.4 Å². The van der Waals surface area contributed by atoms with Gasteiger partial charge in [0.1, 0.15) is 0 Å². The van der Waals surface area contributed by atoms with Crippen molar-refractivity contribution in [2.75, 3.05) is 18.1 Å². The summed E-state index contributed by atoms with van der Waals surface area (Å²) in [5.41, 5.74) is 1.19. The van der Waals surface area contributed by atoms with E-state index in [1.54, 1.807) is 0 Å². The van der Waals surface area contributed by atoms with Crippen molar-refractivity contribution >= 4 is 29.3 Å². The molecule has 1 atom stereocenters. The predicted molar refractivity (Wildman–Crippen MR) is 93.5 cm³/mol. The quantitative estimate of drug-likeness (QED) is 0.800. The molecule has 0 unspecified atom stereocenters. The van der Waals surface area contributed by atoms with Crippen LogP contribution in [0.1, 0.15) is 31.2 Å². The van der Waals surface area contributed by atoms with Gasteiger partial charge in [-0.15, -0.1) is 0 Å². The molecule has 1 aliphatic heterocycles. The first-order valence-electron chi connectivity index (χ1n) is 7.91. The molecule has 1 aromatic carbocycles. The summed E-state index contributed by atoms with van der Waals surface area (Å²) in [4.78, 5) is 12.1. The highest BCUT2D eigenvalue weighted by Crippen LogP contribution is 2.25. The summed E-state index contributed by atoms with van der Waals surface area (Å²) in [6.45, 7) is 0.0399. The number of aliphatic hydroxyl groups is 1. The second-order valence-electron chi connectivity index (χ2n) is 5.79. The fourth-order valence-electron chi connectivity index (χ4n) is 2.81. The number of carbonyl (C=O) groups excluding carboxylic acids is 1. The third kappa shape index (κ3) is 5.82. The molecule has 1 amide bonds. The van der Waals surface area contributed by atoms with Gasteiger partial charge in [-0.2, -0.15) is 11.8 Å². The molecule has 3 nitrogen and oxygen atoms in total. The number of nitrogens with one attached hydrogen (secondary N) is 1. The monoisotopic (exact) mass is 341 g/mol. The molecule has 1 heterocycles. The average molecular weight is 342 g/mol. The lowest BCUT2D eigenvalue weighted by molar-refractivity contribution is -0.122. The van der Waals surface area contributed by atoms with E-state index in [0.29, 0.717) is 12.3 Å². The zero-order chi connectivity index (χ0) is 15.8. The molecule has 1 fully saturated rings. The summed E-state index contributed by atoms with van der Waals surface area (Å²) < 4.78 is 0. The third-order valence-electron chi connectivity index (χ3n) is 4.16. The molecule has 0 radical (unpaired) electrons. The van der Waals surface area contributed by atoms with Crippen LogP contribution in [-0.2, 0) is 11.2 Å². The van der Waals surface area contributed by atoms with Crippen molar-refractivity contribution in [2.45, 2.75) is 38.1 Å². The van der Waals surface area contributed by atoms with E-state index in [4.69, 9.17) is 11.6 Å². The minimum atomic E-state index is -0.0797. The van der Waals surface area contributed by atoms with Gasteiger partial charge in [0.25, 0.3) is 0 Å². The molecule has 0 bridgehead atoms. The molecule has 0 spiro atoms. The second kappa shape index (κ2) is 9.43. The van der Waals surface area contributed by atoms with Gasteiger partial charge in [0.15, 0.2) is 0 Å². The Hall–Kier alpha value is -0.710. The van der Waals surface area contributed by atoms with E-state index in [1.807, 2.05) is 36.0 Å². The number of hydrogen-bond acceptors (Lipinski definition) is 3. The van der Waals surface area contributed by atoms with E-state index >= 15 is 0 Å². The highest BCUT2D eigenvalue weighted by atomic mass is 35.5. The zero-order valence-electron chi connectivity index (χ0n) is 12.8. The Morgan fingerprint density at radius 3 is 2.64 bits per heavy atom. The summed E-state index contributed by atoms with van der Waals surface area (Å²) in [7, 11) is 0. The Bertz CT molecular complexity index is 460. The smallest absolute Gasteiger partial charge is 0.220 e. The van der Waals surface area contributed by atoms with Gasteiger partial charge in [-0.3, -0.25) is 4.79 Å². The fraction of sp³-hybridized carbons (Fsp3) is 0.588. The van der Waals surface area contributed by atoms with Crippen LogP contribution in [0.25, 0.3) is 0 Å². The van der Waals surface area contributed by atoms with Crippen LogP contribution in [0.4, 0.5) is 0 Å². The highest BCUT2D eigenvalue weighted by molar-refractivity contribution is 7.99. The molecule has 22 heavy (non-hydrogen) atoms. The SMILES string of the molecule is O=C(CCCc1ccc(Cl)cc1)N[C@H](CO)C1CCSCC1. The van der Waals surface area contributed by atoms with E-state index in [1.165, 1.54) is 5.56 Å². The van der Waals surface area contributed by atoms with Gasteiger partial charge >= 0.3 is 0 Å². The van der Waals surface area contributed by atoms with Gasteiger partial charge in [-0.1, -0.05) is 23.7 Å². The topological polar surface area (TPSA) is 49.3 Å². The fourth-order valence-corrected chi connectivity index (χ4v) is 4.08. The van der Waals surface area contributed by atoms with Crippen LogP contribution < -0.4 is 5.32 Å². The molecule has 1 aliphatic rings. The summed E-state index contributed by atoms with van der Waals surface area (Å²) in [6, 6.07) is 7.66. The van der Waals surface area contributed by atoms with Crippen molar-refractivity contribution in [1.82, 2.24) is 5.32 Å². The maximum Gasteiger partial charge on any atom is 0.220 e. The van der Waals surface area contributed by atoms with E-state index < -0.39 is 0 Å². The van der Waals surface area contributed by atoms with Crippen LogP contribution in [-0.4, -0.2) is 35.2 Å². The lowest BCUT2D eigenvalue weighted by Crippen LogP contribution is -2.44. The van der Waals surface area contributed by atoms with E-state index in [9.17, 15) is 9.90 Å². The number of hydrogen-bond donors (Lipinski definition) is 2. The van der Waals surface area contributed by atoms with E-state index in [2.05, 4.69) is 5.32 Å². The zero-order valence-corrected chi connectivity index (χ0v) is 14.3. The predicted octanol–water partition coefficient (Wildman–Crippen LogP) is 3.28. The molecule has 1 saturated heterocycles. The van der Waals surface area contributed by atoms with Crippen LogP contribution in [0.5, 0.6) is 0 Å². The lowest BCUT2D eigenvalue weighted by Gasteiger charge is -2.29. The van der Waals surface area contributed by atoms with Crippen molar-refractivity contribution < 1.29 is 9.90 Å². The first-order valence-corrected chi connectivity index (χ1v) is 9.44. The standard InChI is InChI=1S/C17H24ClNO2S/c18-15-6-4-13(5-7-15)2-1-3-17(21)19-16(12-20)14-8-10-22-11-9-14/h4-7,14,16,20H,1-3,8-12H2,(H,19,21)/t16-/m1/s1. The number of halogens is 1. The lowest BCUT2D eigenvalue weighted by atomic mass is 9.94. The maximum absolute atomic E-state index is 12.1. The summed E-state index contributed by atoms with van der Waals surface area (Å²) in [5, 5.41) is 13.3. The van der Waals surface area contributed by atoms with Crippen LogP contribution in [0.2, 0.25) is 5.02 Å². The van der Waals surface area contributed by atoms with Crippen LogP contribution in [0.15, 0.2) is 24.3 Å². The summed E-state index contributed by atoms with van der Waals surface area (Å²) >= 11 is 7.81.